The van der Waals surface area contributed by atoms with Gasteiger partial charge in [0, 0.05) is 18.2 Å². The lowest BCUT2D eigenvalue weighted by atomic mass is 10.0. The fraction of sp³-hybridized carbons (Fsp3) is 0.458. The first-order valence-corrected chi connectivity index (χ1v) is 12.8. The van der Waals surface area contributed by atoms with Gasteiger partial charge in [-0.25, -0.2) is 0 Å². The van der Waals surface area contributed by atoms with Crippen LogP contribution in [0.25, 0.3) is 0 Å². The largest absolute Gasteiger partial charge is 0.393 e. The zero-order valence-electron chi connectivity index (χ0n) is 17.8. The molecule has 0 bridgehead atoms. The summed E-state index contributed by atoms with van der Waals surface area (Å²) in [6.45, 7) is 11.0. The van der Waals surface area contributed by atoms with Crippen LogP contribution in [0.4, 0.5) is 0 Å². The van der Waals surface area contributed by atoms with E-state index in [1.165, 1.54) is 0 Å². The van der Waals surface area contributed by atoms with Gasteiger partial charge in [0.25, 0.3) is 0 Å². The van der Waals surface area contributed by atoms with Gasteiger partial charge in [-0.1, -0.05) is 88.0 Å². The number of rotatable bonds is 9. The summed E-state index contributed by atoms with van der Waals surface area (Å²) in [6, 6.07) is 19.9. The molecule has 1 N–H and O–H groups in total. The van der Waals surface area contributed by atoms with Crippen LogP contribution in [-0.2, 0) is 22.6 Å². The number of benzene rings is 2. The van der Waals surface area contributed by atoms with E-state index in [2.05, 4.69) is 27.3 Å². The monoisotopic (exact) mass is 398 g/mol. The third-order valence-corrected chi connectivity index (χ3v) is 12.4. The van der Waals surface area contributed by atoms with Gasteiger partial charge in [0.05, 0.1) is 20.8 Å². The third-order valence-electron chi connectivity index (χ3n) is 5.96. The number of carbonyl (C=O) groups is 1. The molecule has 2 aromatic rings. The number of aliphatic hydroxyl groups is 1. The molecule has 4 heteroatoms. The number of hydrogen-bond acceptors (Lipinski definition) is 3. The van der Waals surface area contributed by atoms with Crippen LogP contribution in [0.1, 0.15) is 38.8 Å². The Bertz CT molecular complexity index is 737. The minimum Gasteiger partial charge on any atom is -0.393 e. The van der Waals surface area contributed by atoms with E-state index < -0.39 is 14.2 Å². The van der Waals surface area contributed by atoms with Crippen molar-refractivity contribution in [3.63, 3.8) is 0 Å². The van der Waals surface area contributed by atoms with Crippen LogP contribution in [0.15, 0.2) is 60.7 Å². The molecule has 0 spiro atoms. The van der Waals surface area contributed by atoms with E-state index >= 15 is 0 Å². The zero-order chi connectivity index (χ0) is 20.8. The lowest BCUT2D eigenvalue weighted by Crippen LogP contribution is -2.55. The Labute approximate surface area is 170 Å². The van der Waals surface area contributed by atoms with Crippen molar-refractivity contribution in [2.24, 2.45) is 0 Å². The number of hydrogen-bond donors (Lipinski definition) is 1. The van der Waals surface area contributed by atoms with Gasteiger partial charge < -0.3 is 9.84 Å². The first kappa shape index (κ1) is 22.5. The van der Waals surface area contributed by atoms with Crippen molar-refractivity contribution in [1.29, 1.82) is 0 Å². The Morgan fingerprint density at radius 1 is 1.00 bits per heavy atom. The summed E-state index contributed by atoms with van der Waals surface area (Å²) in [4.78, 5) is 13.3. The first-order chi connectivity index (χ1) is 13.1. The van der Waals surface area contributed by atoms with Gasteiger partial charge in [-0.05, 0) is 23.1 Å². The van der Waals surface area contributed by atoms with E-state index in [9.17, 15) is 9.90 Å². The molecule has 2 aromatic carbocycles. The van der Waals surface area contributed by atoms with Gasteiger partial charge in [0.1, 0.15) is 5.78 Å². The van der Waals surface area contributed by atoms with Crippen LogP contribution < -0.4 is 0 Å². The molecule has 152 valence electrons. The Hall–Kier alpha value is -1.75. The Morgan fingerprint density at radius 3 is 1.96 bits per heavy atom. The van der Waals surface area contributed by atoms with Gasteiger partial charge in [0.2, 0.25) is 0 Å². The first-order valence-electron chi connectivity index (χ1n) is 10.0. The summed E-state index contributed by atoms with van der Waals surface area (Å²) in [5.41, 5.74) is 1.74. The van der Waals surface area contributed by atoms with Crippen molar-refractivity contribution in [3.8, 4) is 0 Å². The van der Waals surface area contributed by atoms with Crippen LogP contribution >= 0.6 is 0 Å². The second-order valence-electron chi connectivity index (χ2n) is 8.99. The van der Waals surface area contributed by atoms with E-state index in [4.69, 9.17) is 4.74 Å². The van der Waals surface area contributed by atoms with Crippen LogP contribution in [-0.4, -0.2) is 31.3 Å². The standard InChI is InChI=1S/C24H34O3Si/c1-19(25)23(22(26)16-20-12-8-6-9-13-20)28(5,24(2,3)4)18-27-17-21-14-10-7-11-15-21/h6-15,19,23,25H,16-18H2,1-5H3/t19-,23-,28-/m1/s1. The number of aliphatic hydroxyl groups excluding tert-OH is 1. The highest BCUT2D eigenvalue weighted by Crippen LogP contribution is 2.46. The second-order valence-corrected chi connectivity index (χ2v) is 14.2. The van der Waals surface area contributed by atoms with Crippen molar-refractivity contribution in [3.05, 3.63) is 71.8 Å². The van der Waals surface area contributed by atoms with E-state index in [1.807, 2.05) is 60.7 Å². The average molecular weight is 399 g/mol. The number of ether oxygens (including phenoxy) is 1. The average Bonchev–Trinajstić information content (AvgIpc) is 2.62. The Kier molecular flexibility index (Phi) is 7.76. The summed E-state index contributed by atoms with van der Waals surface area (Å²) >= 11 is 0. The van der Waals surface area contributed by atoms with Crippen molar-refractivity contribution in [1.82, 2.24) is 0 Å². The summed E-state index contributed by atoms with van der Waals surface area (Å²) < 4.78 is 6.14. The molecule has 0 amide bonds. The minimum absolute atomic E-state index is 0.0856. The molecule has 3 nitrogen and oxygen atoms in total. The van der Waals surface area contributed by atoms with Crippen LogP contribution in [0, 0.1) is 0 Å². The molecule has 0 aliphatic rings. The maximum atomic E-state index is 13.3. The van der Waals surface area contributed by atoms with Gasteiger partial charge in [0.15, 0.2) is 0 Å². The highest BCUT2D eigenvalue weighted by Gasteiger charge is 2.51. The van der Waals surface area contributed by atoms with Crippen LogP contribution in [0.5, 0.6) is 0 Å². The molecule has 0 aliphatic heterocycles. The Balaban J connectivity index is 2.21. The fourth-order valence-electron chi connectivity index (χ4n) is 3.79. The van der Waals surface area contributed by atoms with Gasteiger partial charge in [-0.2, -0.15) is 0 Å². The molecule has 0 unspecified atom stereocenters. The van der Waals surface area contributed by atoms with Crippen LogP contribution in [0.2, 0.25) is 17.1 Å². The molecule has 0 saturated heterocycles. The molecule has 0 saturated carbocycles. The van der Waals surface area contributed by atoms with E-state index in [1.54, 1.807) is 6.92 Å². The fourth-order valence-corrected chi connectivity index (χ4v) is 7.74. The van der Waals surface area contributed by atoms with Gasteiger partial charge >= 0.3 is 0 Å². The van der Waals surface area contributed by atoms with E-state index in [0.717, 1.165) is 11.1 Å². The Morgan fingerprint density at radius 2 is 1.50 bits per heavy atom. The maximum absolute atomic E-state index is 13.3. The molecule has 0 aliphatic carbocycles. The number of carbonyl (C=O) groups excluding carboxylic acids is 1. The third kappa shape index (κ3) is 5.63. The van der Waals surface area contributed by atoms with E-state index in [0.29, 0.717) is 19.3 Å². The second kappa shape index (κ2) is 9.64. The smallest absolute Gasteiger partial charge is 0.140 e. The van der Waals surface area contributed by atoms with Crippen molar-refractivity contribution < 1.29 is 14.6 Å². The highest BCUT2D eigenvalue weighted by molar-refractivity contribution is 6.85. The molecule has 28 heavy (non-hydrogen) atoms. The normalized spacial score (nSPS) is 16.2. The SMILES string of the molecule is C[C@@H](O)[C@H](C(=O)Cc1ccccc1)[Si@@](C)(COCc1ccccc1)C(C)(C)C. The lowest BCUT2D eigenvalue weighted by molar-refractivity contribution is -0.120. The topological polar surface area (TPSA) is 46.5 Å². The van der Waals surface area contributed by atoms with Crippen molar-refractivity contribution in [2.45, 2.75) is 64.0 Å². The van der Waals surface area contributed by atoms with E-state index in [-0.39, 0.29) is 16.4 Å². The summed E-state index contributed by atoms with van der Waals surface area (Å²) in [5, 5.41) is 10.5. The summed E-state index contributed by atoms with van der Waals surface area (Å²) in [5.74, 6) is 0.119. The molecule has 0 fully saturated rings. The molecule has 2 rings (SSSR count). The maximum Gasteiger partial charge on any atom is 0.140 e. The predicted molar refractivity (Wildman–Crippen MR) is 118 cm³/mol. The molecular formula is C24H34O3Si. The molecule has 0 heterocycles. The zero-order valence-corrected chi connectivity index (χ0v) is 18.8. The molecule has 0 radical (unpaired) electrons. The lowest BCUT2D eigenvalue weighted by Gasteiger charge is -2.46. The highest BCUT2D eigenvalue weighted by atomic mass is 28.3. The number of ketones is 1. The molecule has 3 atom stereocenters. The number of Topliss-reactive ketones (excluding diaryl/α,β-unsaturated/α-hetero) is 1. The minimum atomic E-state index is -2.34. The summed E-state index contributed by atoms with van der Waals surface area (Å²) in [7, 11) is -2.34. The summed E-state index contributed by atoms with van der Waals surface area (Å²) in [6.07, 6.45) is 0.211. The predicted octanol–water partition coefficient (Wildman–Crippen LogP) is 5.18. The van der Waals surface area contributed by atoms with Crippen LogP contribution in [0.3, 0.4) is 0 Å². The quantitative estimate of drug-likeness (QED) is 0.592. The van der Waals surface area contributed by atoms with Crippen molar-refractivity contribution >= 4 is 13.9 Å². The van der Waals surface area contributed by atoms with Crippen molar-refractivity contribution in [2.75, 3.05) is 6.23 Å². The molecule has 0 aromatic heterocycles. The van der Waals surface area contributed by atoms with Gasteiger partial charge in [-0.15, -0.1) is 0 Å². The molecular weight excluding hydrogens is 364 g/mol. The van der Waals surface area contributed by atoms with Gasteiger partial charge in [-0.3, -0.25) is 4.79 Å².